The maximum Gasteiger partial charge on any atom is 0.129 e. The molecule has 1 aromatic carbocycles. The zero-order chi connectivity index (χ0) is 11.2. The highest BCUT2D eigenvalue weighted by Gasteiger charge is 2.33. The van der Waals surface area contributed by atoms with Crippen LogP contribution in [-0.2, 0) is 0 Å². The molecule has 0 bridgehead atoms. The number of ether oxygens (including phenoxy) is 1. The maximum absolute atomic E-state index is 10.0. The Balaban J connectivity index is 2.56. The van der Waals surface area contributed by atoms with Gasteiger partial charge in [0.25, 0.3) is 0 Å². The van der Waals surface area contributed by atoms with Gasteiger partial charge >= 0.3 is 0 Å². The molecule has 1 N–H and O–H groups in total. The lowest BCUT2D eigenvalue weighted by atomic mass is 9.90. The molecule has 3 heteroatoms. The first-order valence-electron chi connectivity index (χ1n) is 5.07. The molecule has 15 heavy (non-hydrogen) atoms. The first kappa shape index (κ1) is 11.0. The monoisotopic (exact) mass is 270 g/mol. The van der Waals surface area contributed by atoms with Crippen LogP contribution in [0.15, 0.2) is 16.6 Å². The number of halogens is 1. The van der Waals surface area contributed by atoms with Crippen molar-refractivity contribution in [2.24, 2.45) is 0 Å². The van der Waals surface area contributed by atoms with Crippen LogP contribution in [0.25, 0.3) is 0 Å². The van der Waals surface area contributed by atoms with Gasteiger partial charge in [0.2, 0.25) is 0 Å². The second-order valence-electron chi connectivity index (χ2n) is 4.67. The zero-order valence-electron chi connectivity index (χ0n) is 9.17. The molecule has 0 spiro atoms. The van der Waals surface area contributed by atoms with Gasteiger partial charge in [-0.1, -0.05) is 22.0 Å². The van der Waals surface area contributed by atoms with Gasteiger partial charge in [0.15, 0.2) is 0 Å². The predicted molar refractivity (Wildman–Crippen MR) is 63.2 cm³/mol. The summed E-state index contributed by atoms with van der Waals surface area (Å²) in [6, 6.07) is 3.88. The summed E-state index contributed by atoms with van der Waals surface area (Å²) in [6.45, 7) is 6.00. The van der Waals surface area contributed by atoms with Gasteiger partial charge in [-0.25, -0.2) is 0 Å². The van der Waals surface area contributed by atoms with Gasteiger partial charge in [0.1, 0.15) is 11.4 Å². The quantitative estimate of drug-likeness (QED) is 0.784. The summed E-state index contributed by atoms with van der Waals surface area (Å²) in [7, 11) is 0. The number of rotatable bonds is 0. The van der Waals surface area contributed by atoms with E-state index in [-0.39, 0.29) is 5.60 Å². The van der Waals surface area contributed by atoms with Crippen LogP contribution >= 0.6 is 15.9 Å². The lowest BCUT2D eigenvalue weighted by Crippen LogP contribution is -2.35. The smallest absolute Gasteiger partial charge is 0.129 e. The van der Waals surface area contributed by atoms with Crippen LogP contribution in [0.5, 0.6) is 5.75 Å². The van der Waals surface area contributed by atoms with Gasteiger partial charge in [-0.15, -0.1) is 0 Å². The van der Waals surface area contributed by atoms with Gasteiger partial charge in [-0.2, -0.15) is 0 Å². The van der Waals surface area contributed by atoms with E-state index < -0.39 is 6.10 Å². The number of benzene rings is 1. The van der Waals surface area contributed by atoms with Crippen LogP contribution in [-0.4, -0.2) is 10.7 Å². The molecule has 1 heterocycles. The normalized spacial score (nSPS) is 23.1. The SMILES string of the molecule is Cc1c(Br)ccc2c1OC(C)(C)CC2O. The highest BCUT2D eigenvalue weighted by atomic mass is 79.9. The second-order valence-corrected chi connectivity index (χ2v) is 5.53. The highest BCUT2D eigenvalue weighted by molar-refractivity contribution is 9.10. The van der Waals surface area contributed by atoms with Crippen molar-refractivity contribution in [3.05, 3.63) is 27.7 Å². The molecule has 0 fully saturated rings. The molecule has 1 aliphatic heterocycles. The Morgan fingerprint density at radius 1 is 1.47 bits per heavy atom. The standard InChI is InChI=1S/C12H15BrO2/c1-7-9(13)5-4-8-10(14)6-12(2,3)15-11(7)8/h4-5,10,14H,6H2,1-3H3. The summed E-state index contributed by atoms with van der Waals surface area (Å²) in [6.07, 6.45) is 0.219. The number of fused-ring (bicyclic) bond motifs is 1. The Bertz CT molecular complexity index is 399. The van der Waals surface area contributed by atoms with E-state index in [1.807, 2.05) is 32.9 Å². The van der Waals surface area contributed by atoms with Crippen molar-refractivity contribution in [3.63, 3.8) is 0 Å². The molecule has 0 aliphatic carbocycles. The Kier molecular flexibility index (Phi) is 2.55. The van der Waals surface area contributed by atoms with Crippen LogP contribution in [0.1, 0.15) is 37.5 Å². The van der Waals surface area contributed by atoms with Crippen molar-refractivity contribution in [3.8, 4) is 5.75 Å². The molecule has 2 rings (SSSR count). The van der Waals surface area contributed by atoms with Crippen LogP contribution in [0.4, 0.5) is 0 Å². The summed E-state index contributed by atoms with van der Waals surface area (Å²) in [5, 5.41) is 10.0. The third-order valence-corrected chi connectivity index (χ3v) is 3.65. The first-order chi connectivity index (χ1) is 6.91. The van der Waals surface area contributed by atoms with E-state index in [0.29, 0.717) is 6.42 Å². The van der Waals surface area contributed by atoms with Crippen LogP contribution in [0.3, 0.4) is 0 Å². The highest BCUT2D eigenvalue weighted by Crippen LogP contribution is 2.43. The van der Waals surface area contributed by atoms with Gasteiger partial charge in [0, 0.05) is 22.0 Å². The predicted octanol–water partition coefficient (Wildman–Crippen LogP) is 3.35. The van der Waals surface area contributed by atoms with Crippen molar-refractivity contribution >= 4 is 15.9 Å². The molecule has 1 unspecified atom stereocenters. The minimum atomic E-state index is -0.421. The van der Waals surface area contributed by atoms with Crippen molar-refractivity contribution < 1.29 is 9.84 Å². The minimum absolute atomic E-state index is 0.294. The fourth-order valence-electron chi connectivity index (χ4n) is 1.98. The van der Waals surface area contributed by atoms with Gasteiger partial charge < -0.3 is 9.84 Å². The zero-order valence-corrected chi connectivity index (χ0v) is 10.8. The maximum atomic E-state index is 10.0. The summed E-state index contributed by atoms with van der Waals surface area (Å²) < 4.78 is 6.93. The molecule has 1 aliphatic rings. The molecule has 1 aromatic rings. The number of aliphatic hydroxyl groups is 1. The van der Waals surface area contributed by atoms with Gasteiger partial charge in [-0.05, 0) is 26.8 Å². The lowest BCUT2D eigenvalue weighted by molar-refractivity contribution is 0.0108. The van der Waals surface area contributed by atoms with E-state index in [0.717, 1.165) is 21.3 Å². The lowest BCUT2D eigenvalue weighted by Gasteiger charge is -2.36. The molecular weight excluding hydrogens is 256 g/mol. The van der Waals surface area contributed by atoms with E-state index >= 15 is 0 Å². The van der Waals surface area contributed by atoms with Crippen LogP contribution < -0.4 is 4.74 Å². The van der Waals surface area contributed by atoms with Crippen LogP contribution in [0, 0.1) is 6.92 Å². The molecule has 0 saturated heterocycles. The minimum Gasteiger partial charge on any atom is -0.487 e. The topological polar surface area (TPSA) is 29.5 Å². The first-order valence-corrected chi connectivity index (χ1v) is 5.86. The third kappa shape index (κ3) is 1.91. The molecule has 0 saturated carbocycles. The number of hydrogen-bond donors (Lipinski definition) is 1. The average Bonchev–Trinajstić information content (AvgIpc) is 2.10. The average molecular weight is 271 g/mol. The molecular formula is C12H15BrO2. The fourth-order valence-corrected chi connectivity index (χ4v) is 2.29. The van der Waals surface area contributed by atoms with Gasteiger partial charge in [-0.3, -0.25) is 0 Å². The van der Waals surface area contributed by atoms with Crippen LogP contribution in [0.2, 0.25) is 0 Å². The Morgan fingerprint density at radius 2 is 2.13 bits per heavy atom. The molecule has 0 radical (unpaired) electrons. The van der Waals surface area contributed by atoms with E-state index in [1.165, 1.54) is 0 Å². The molecule has 1 atom stereocenters. The molecule has 0 amide bonds. The third-order valence-electron chi connectivity index (χ3n) is 2.79. The van der Waals surface area contributed by atoms with Crippen molar-refractivity contribution in [2.75, 3.05) is 0 Å². The molecule has 0 aromatic heterocycles. The van der Waals surface area contributed by atoms with Crippen molar-refractivity contribution in [2.45, 2.75) is 38.9 Å². The Morgan fingerprint density at radius 3 is 2.80 bits per heavy atom. The fraction of sp³-hybridized carbons (Fsp3) is 0.500. The van der Waals surface area contributed by atoms with Crippen molar-refractivity contribution in [1.82, 2.24) is 0 Å². The molecule has 82 valence electrons. The summed E-state index contributed by atoms with van der Waals surface area (Å²) >= 11 is 3.47. The summed E-state index contributed by atoms with van der Waals surface area (Å²) in [5.74, 6) is 0.827. The Hall–Kier alpha value is -0.540. The second kappa shape index (κ2) is 3.49. The molecule has 2 nitrogen and oxygen atoms in total. The summed E-state index contributed by atoms with van der Waals surface area (Å²) in [4.78, 5) is 0. The Labute approximate surface area is 98.4 Å². The van der Waals surface area contributed by atoms with E-state index in [2.05, 4.69) is 15.9 Å². The number of hydrogen-bond acceptors (Lipinski definition) is 2. The van der Waals surface area contributed by atoms with Gasteiger partial charge in [0.05, 0.1) is 6.10 Å². The van der Waals surface area contributed by atoms with E-state index in [1.54, 1.807) is 0 Å². The summed E-state index contributed by atoms with van der Waals surface area (Å²) in [5.41, 5.74) is 1.66. The van der Waals surface area contributed by atoms with E-state index in [4.69, 9.17) is 4.74 Å². The van der Waals surface area contributed by atoms with Crippen molar-refractivity contribution in [1.29, 1.82) is 0 Å². The van der Waals surface area contributed by atoms with E-state index in [9.17, 15) is 5.11 Å². The largest absolute Gasteiger partial charge is 0.487 e. The number of aliphatic hydroxyl groups excluding tert-OH is 1.